The average Bonchev–Trinajstić information content (AvgIpc) is 3.02. The van der Waals surface area contributed by atoms with Gasteiger partial charge in [-0.2, -0.15) is 0 Å². The normalized spacial score (nSPS) is 18.5. The van der Waals surface area contributed by atoms with E-state index in [0.717, 1.165) is 18.7 Å². The Balaban J connectivity index is 1.96. The quantitative estimate of drug-likeness (QED) is 0.719. The van der Waals surface area contributed by atoms with Gasteiger partial charge in [0.2, 0.25) is 5.91 Å². The molecule has 1 aromatic heterocycles. The number of carbonyl (C=O) groups excluding carboxylic acids is 1. The lowest BCUT2D eigenvalue weighted by Crippen LogP contribution is -2.59. The number of hydrogen-bond acceptors (Lipinski definition) is 4. The number of rotatable bonds is 7. The van der Waals surface area contributed by atoms with Crippen LogP contribution in [0.2, 0.25) is 0 Å². The summed E-state index contributed by atoms with van der Waals surface area (Å²) in [5.74, 6) is 0.673. The zero-order valence-electron chi connectivity index (χ0n) is 11.9. The van der Waals surface area contributed by atoms with E-state index >= 15 is 0 Å². The summed E-state index contributed by atoms with van der Waals surface area (Å²) >= 11 is 0. The highest BCUT2D eigenvalue weighted by Gasteiger charge is 2.37. The van der Waals surface area contributed by atoms with Crippen LogP contribution >= 0.6 is 0 Å². The largest absolute Gasteiger partial charge is 0.368 e. The molecule has 1 heterocycles. The Kier molecular flexibility index (Phi) is 3.91. The number of aromatic nitrogens is 2. The van der Waals surface area contributed by atoms with Crippen LogP contribution in [0, 0.1) is 0 Å². The predicted molar refractivity (Wildman–Crippen MR) is 73.3 cm³/mol. The fraction of sp³-hybridized carbons (Fsp3) is 0.692. The maximum Gasteiger partial charge on any atom is 0.238 e. The third kappa shape index (κ3) is 3.54. The fourth-order valence-corrected chi connectivity index (χ4v) is 2.26. The van der Waals surface area contributed by atoms with Crippen molar-refractivity contribution in [3.63, 3.8) is 0 Å². The molecule has 3 N–H and O–H groups in total. The van der Waals surface area contributed by atoms with Gasteiger partial charge in [-0.25, -0.2) is 4.98 Å². The summed E-state index contributed by atoms with van der Waals surface area (Å²) in [6, 6.07) is 0.444. The molecule has 0 radical (unpaired) electrons. The van der Waals surface area contributed by atoms with Crippen molar-refractivity contribution in [1.82, 2.24) is 19.8 Å². The molecule has 0 aromatic carbocycles. The first-order chi connectivity index (χ1) is 8.90. The molecule has 0 spiro atoms. The Labute approximate surface area is 114 Å². The molecule has 1 fully saturated rings. The van der Waals surface area contributed by atoms with Crippen LogP contribution in [0.4, 0.5) is 0 Å². The molecule has 0 bridgehead atoms. The third-order valence-corrected chi connectivity index (χ3v) is 3.56. The molecular weight excluding hydrogens is 242 g/mol. The van der Waals surface area contributed by atoms with Gasteiger partial charge in [-0.15, -0.1) is 0 Å². The lowest BCUT2D eigenvalue weighted by atomic mass is 10.0. The lowest BCUT2D eigenvalue weighted by Gasteiger charge is -2.32. The van der Waals surface area contributed by atoms with Gasteiger partial charge in [0.15, 0.2) is 0 Å². The number of likely N-dealkylation sites (N-methyl/N-ethyl adjacent to an activating group) is 1. The molecule has 6 heteroatoms. The van der Waals surface area contributed by atoms with Crippen LogP contribution in [-0.2, 0) is 18.4 Å². The standard InChI is InChI=1S/C13H23N5O/c1-13(12(14)19,16-10-4-5-10)9-17(2)8-11-15-6-7-18(11)3/h6-7,10,16H,4-5,8-9H2,1-3H3,(H2,14,19). The average molecular weight is 265 g/mol. The Bertz CT molecular complexity index is 454. The molecule has 0 saturated heterocycles. The van der Waals surface area contributed by atoms with Crippen molar-refractivity contribution in [3.05, 3.63) is 18.2 Å². The van der Waals surface area contributed by atoms with E-state index in [0.29, 0.717) is 19.1 Å². The Hall–Kier alpha value is -1.40. The first-order valence-electron chi connectivity index (χ1n) is 6.63. The van der Waals surface area contributed by atoms with Gasteiger partial charge in [0.05, 0.1) is 6.54 Å². The second-order valence-corrected chi connectivity index (χ2v) is 5.74. The summed E-state index contributed by atoms with van der Waals surface area (Å²) in [5, 5.41) is 3.35. The van der Waals surface area contributed by atoms with Gasteiger partial charge in [-0.05, 0) is 26.8 Å². The zero-order valence-corrected chi connectivity index (χ0v) is 11.9. The molecule has 1 saturated carbocycles. The first-order valence-corrected chi connectivity index (χ1v) is 6.63. The number of hydrogen-bond donors (Lipinski definition) is 2. The second kappa shape index (κ2) is 5.30. The van der Waals surface area contributed by atoms with Gasteiger partial charge in [0, 0.05) is 32.0 Å². The topological polar surface area (TPSA) is 76.2 Å². The number of carbonyl (C=O) groups is 1. The molecule has 19 heavy (non-hydrogen) atoms. The second-order valence-electron chi connectivity index (χ2n) is 5.74. The van der Waals surface area contributed by atoms with Gasteiger partial charge in [0.1, 0.15) is 11.4 Å². The molecule has 1 unspecified atom stereocenters. The maximum atomic E-state index is 11.7. The van der Waals surface area contributed by atoms with E-state index in [1.165, 1.54) is 0 Å². The van der Waals surface area contributed by atoms with Crippen molar-refractivity contribution in [2.24, 2.45) is 12.8 Å². The summed E-state index contributed by atoms with van der Waals surface area (Å²) in [6.45, 7) is 3.15. The van der Waals surface area contributed by atoms with Crippen LogP contribution < -0.4 is 11.1 Å². The summed E-state index contributed by atoms with van der Waals surface area (Å²) in [7, 11) is 3.94. The minimum absolute atomic E-state index is 0.300. The lowest BCUT2D eigenvalue weighted by molar-refractivity contribution is -0.124. The summed E-state index contributed by atoms with van der Waals surface area (Å²) in [4.78, 5) is 18.1. The van der Waals surface area contributed by atoms with E-state index in [2.05, 4.69) is 15.2 Å². The molecule has 106 valence electrons. The molecular formula is C13H23N5O. The minimum atomic E-state index is -0.679. The highest BCUT2D eigenvalue weighted by molar-refractivity contribution is 5.84. The molecule has 1 aliphatic carbocycles. The third-order valence-electron chi connectivity index (χ3n) is 3.56. The first kappa shape index (κ1) is 14.0. The van der Waals surface area contributed by atoms with Crippen molar-refractivity contribution in [3.8, 4) is 0 Å². The van der Waals surface area contributed by atoms with E-state index < -0.39 is 5.54 Å². The molecule has 2 rings (SSSR count). The highest BCUT2D eigenvalue weighted by Crippen LogP contribution is 2.23. The number of imidazole rings is 1. The van der Waals surface area contributed by atoms with E-state index in [1.54, 1.807) is 6.20 Å². The van der Waals surface area contributed by atoms with Crippen molar-refractivity contribution in [2.45, 2.75) is 37.9 Å². The highest BCUT2D eigenvalue weighted by atomic mass is 16.1. The maximum absolute atomic E-state index is 11.7. The number of nitrogens with zero attached hydrogens (tertiary/aromatic N) is 3. The van der Waals surface area contributed by atoms with Crippen molar-refractivity contribution >= 4 is 5.91 Å². The predicted octanol–water partition coefficient (Wildman–Crippen LogP) is -0.152. The van der Waals surface area contributed by atoms with E-state index in [1.807, 2.05) is 31.8 Å². The van der Waals surface area contributed by atoms with E-state index in [9.17, 15) is 4.79 Å². The van der Waals surface area contributed by atoms with Crippen LogP contribution in [0.15, 0.2) is 12.4 Å². The molecule has 0 aliphatic heterocycles. The number of primary amides is 1. The monoisotopic (exact) mass is 265 g/mol. The van der Waals surface area contributed by atoms with Gasteiger partial charge >= 0.3 is 0 Å². The Morgan fingerprint density at radius 3 is 2.84 bits per heavy atom. The molecule has 1 amide bonds. The van der Waals surface area contributed by atoms with Crippen molar-refractivity contribution in [2.75, 3.05) is 13.6 Å². The van der Waals surface area contributed by atoms with Crippen LogP contribution in [0.3, 0.4) is 0 Å². The summed E-state index contributed by atoms with van der Waals surface area (Å²) in [6.07, 6.45) is 5.95. The van der Waals surface area contributed by atoms with E-state index in [4.69, 9.17) is 5.73 Å². The summed E-state index contributed by atoms with van der Waals surface area (Å²) in [5.41, 5.74) is 4.87. The number of nitrogens with two attached hydrogens (primary N) is 1. The molecule has 1 aliphatic rings. The molecule has 1 aromatic rings. The van der Waals surface area contributed by atoms with E-state index in [-0.39, 0.29) is 5.91 Å². The smallest absolute Gasteiger partial charge is 0.238 e. The summed E-state index contributed by atoms with van der Waals surface area (Å²) < 4.78 is 1.98. The zero-order chi connectivity index (χ0) is 14.0. The Morgan fingerprint density at radius 2 is 2.37 bits per heavy atom. The molecule has 1 atom stereocenters. The van der Waals surface area contributed by atoms with Crippen LogP contribution in [0.1, 0.15) is 25.6 Å². The van der Waals surface area contributed by atoms with Crippen LogP contribution in [0.25, 0.3) is 0 Å². The van der Waals surface area contributed by atoms with Crippen molar-refractivity contribution in [1.29, 1.82) is 0 Å². The fourth-order valence-electron chi connectivity index (χ4n) is 2.26. The number of amides is 1. The van der Waals surface area contributed by atoms with Gasteiger partial charge in [0.25, 0.3) is 0 Å². The molecule has 6 nitrogen and oxygen atoms in total. The number of aryl methyl sites for hydroxylation is 1. The van der Waals surface area contributed by atoms with Crippen LogP contribution in [0.5, 0.6) is 0 Å². The van der Waals surface area contributed by atoms with Gasteiger partial charge in [-0.3, -0.25) is 15.0 Å². The van der Waals surface area contributed by atoms with Crippen molar-refractivity contribution < 1.29 is 4.79 Å². The number of nitrogens with one attached hydrogen (secondary N) is 1. The minimum Gasteiger partial charge on any atom is -0.368 e. The Morgan fingerprint density at radius 1 is 1.68 bits per heavy atom. The van der Waals surface area contributed by atoms with Gasteiger partial charge < -0.3 is 10.3 Å². The van der Waals surface area contributed by atoms with Crippen LogP contribution in [-0.4, -0.2) is 45.5 Å². The SMILES string of the molecule is CN(Cc1nccn1C)CC(C)(NC1CC1)C(N)=O. The van der Waals surface area contributed by atoms with Gasteiger partial charge in [-0.1, -0.05) is 0 Å².